The lowest BCUT2D eigenvalue weighted by atomic mass is 10.2. The van der Waals surface area contributed by atoms with Gasteiger partial charge in [0.2, 0.25) is 5.89 Å². The molecule has 0 atom stereocenters. The molecule has 2 heterocycles. The minimum Gasteiger partial charge on any atom is -0.465 e. The molecule has 0 bridgehead atoms. The first-order chi connectivity index (χ1) is 10.3. The summed E-state index contributed by atoms with van der Waals surface area (Å²) < 4.78 is 10.4. The maximum atomic E-state index is 11.7. The van der Waals surface area contributed by atoms with Crippen molar-refractivity contribution in [2.75, 3.05) is 5.32 Å². The van der Waals surface area contributed by atoms with Gasteiger partial charge in [0.15, 0.2) is 0 Å². The van der Waals surface area contributed by atoms with Crippen LogP contribution in [0.2, 0.25) is 0 Å². The summed E-state index contributed by atoms with van der Waals surface area (Å²) in [6, 6.07) is 12.8. The van der Waals surface area contributed by atoms with Gasteiger partial charge in [-0.15, -0.1) is 5.10 Å². The Labute approximate surface area is 120 Å². The predicted molar refractivity (Wildman–Crippen MR) is 76.1 cm³/mol. The van der Waals surface area contributed by atoms with Gasteiger partial charge in [0, 0.05) is 11.6 Å². The lowest BCUT2D eigenvalue weighted by Crippen LogP contribution is -2.07. The number of furan rings is 1. The van der Waals surface area contributed by atoms with E-state index >= 15 is 0 Å². The average molecular weight is 281 g/mol. The molecule has 0 saturated heterocycles. The van der Waals surface area contributed by atoms with E-state index in [0.717, 1.165) is 5.56 Å². The number of benzene rings is 1. The number of hydrogen-bond acceptors (Lipinski definition) is 5. The van der Waals surface area contributed by atoms with Crippen LogP contribution in [0.15, 0.2) is 63.6 Å². The first-order valence-electron chi connectivity index (χ1n) is 6.23. The lowest BCUT2D eigenvalue weighted by molar-refractivity contribution is -0.112. The second kappa shape index (κ2) is 5.87. The summed E-state index contributed by atoms with van der Waals surface area (Å²) in [5.74, 6) is 0.552. The van der Waals surface area contributed by atoms with E-state index in [-0.39, 0.29) is 11.9 Å². The molecule has 0 aliphatic rings. The van der Waals surface area contributed by atoms with E-state index in [0.29, 0.717) is 11.7 Å². The van der Waals surface area contributed by atoms with Crippen LogP contribution in [-0.2, 0) is 4.79 Å². The molecule has 0 radical (unpaired) electrons. The highest BCUT2D eigenvalue weighted by molar-refractivity contribution is 6.00. The summed E-state index contributed by atoms with van der Waals surface area (Å²) >= 11 is 0. The van der Waals surface area contributed by atoms with Crippen molar-refractivity contribution in [2.24, 2.45) is 0 Å². The van der Waals surface area contributed by atoms with Crippen LogP contribution in [0, 0.1) is 0 Å². The zero-order valence-corrected chi connectivity index (χ0v) is 10.9. The summed E-state index contributed by atoms with van der Waals surface area (Å²) in [4.78, 5) is 11.7. The number of carbonyl (C=O) groups excluding carboxylic acids is 1. The highest BCUT2D eigenvalue weighted by Crippen LogP contribution is 2.18. The van der Waals surface area contributed by atoms with Gasteiger partial charge in [-0.2, -0.15) is 0 Å². The molecule has 0 fully saturated rings. The molecule has 3 aromatic rings. The third-order valence-corrected chi connectivity index (χ3v) is 2.62. The zero-order chi connectivity index (χ0) is 14.5. The first kappa shape index (κ1) is 12.9. The predicted octanol–water partition coefficient (Wildman–Crippen LogP) is 2.98. The van der Waals surface area contributed by atoms with Gasteiger partial charge < -0.3 is 8.83 Å². The summed E-state index contributed by atoms with van der Waals surface area (Å²) in [6.45, 7) is 0. The Balaban J connectivity index is 1.66. The molecule has 6 nitrogen and oxygen atoms in total. The van der Waals surface area contributed by atoms with Crippen LogP contribution in [0.4, 0.5) is 6.01 Å². The van der Waals surface area contributed by atoms with Crippen molar-refractivity contribution in [3.8, 4) is 11.5 Å². The van der Waals surface area contributed by atoms with Crippen LogP contribution in [0.5, 0.6) is 0 Å². The van der Waals surface area contributed by atoms with E-state index in [2.05, 4.69) is 15.5 Å². The quantitative estimate of drug-likeness (QED) is 0.743. The molecule has 2 aromatic heterocycles. The number of anilines is 1. The Morgan fingerprint density at radius 3 is 2.71 bits per heavy atom. The van der Waals surface area contributed by atoms with Gasteiger partial charge in [-0.25, -0.2) is 0 Å². The van der Waals surface area contributed by atoms with Gasteiger partial charge in [0.1, 0.15) is 5.76 Å². The van der Waals surface area contributed by atoms with Crippen molar-refractivity contribution >= 4 is 18.0 Å². The first-order valence-corrected chi connectivity index (χ1v) is 6.23. The van der Waals surface area contributed by atoms with Crippen molar-refractivity contribution in [2.45, 2.75) is 0 Å². The maximum Gasteiger partial charge on any atom is 0.322 e. The van der Waals surface area contributed by atoms with Crippen LogP contribution in [0.25, 0.3) is 17.5 Å². The second-order valence-electron chi connectivity index (χ2n) is 4.12. The third kappa shape index (κ3) is 3.24. The summed E-state index contributed by atoms with van der Waals surface area (Å²) in [5, 5.41) is 10.1. The van der Waals surface area contributed by atoms with E-state index in [4.69, 9.17) is 8.83 Å². The Hall–Kier alpha value is -3.15. The second-order valence-corrected chi connectivity index (χ2v) is 4.12. The smallest absolute Gasteiger partial charge is 0.322 e. The molecule has 0 unspecified atom stereocenters. The van der Waals surface area contributed by atoms with Gasteiger partial charge in [-0.3, -0.25) is 10.1 Å². The third-order valence-electron chi connectivity index (χ3n) is 2.62. The number of amides is 1. The van der Waals surface area contributed by atoms with Gasteiger partial charge in [-0.1, -0.05) is 23.3 Å². The fourth-order valence-electron chi connectivity index (χ4n) is 1.66. The van der Waals surface area contributed by atoms with E-state index in [1.807, 2.05) is 30.3 Å². The Kier molecular flexibility index (Phi) is 3.60. The number of aromatic nitrogens is 2. The van der Waals surface area contributed by atoms with E-state index in [1.165, 1.54) is 12.3 Å². The SMILES string of the molecule is O=C(/C=C/c1ccco1)Nc1nnc(-c2ccccc2)o1. The Bertz CT molecular complexity index is 746. The molecule has 1 aromatic carbocycles. The molecular formula is C15H11N3O3. The number of rotatable bonds is 4. The van der Waals surface area contributed by atoms with Crippen molar-refractivity contribution in [3.63, 3.8) is 0 Å². The van der Waals surface area contributed by atoms with E-state index in [1.54, 1.807) is 18.2 Å². The van der Waals surface area contributed by atoms with Crippen molar-refractivity contribution < 1.29 is 13.6 Å². The molecule has 0 spiro atoms. The lowest BCUT2D eigenvalue weighted by Gasteiger charge is -1.94. The maximum absolute atomic E-state index is 11.7. The number of nitrogens with zero attached hydrogens (tertiary/aromatic N) is 2. The molecule has 1 N–H and O–H groups in total. The van der Waals surface area contributed by atoms with Crippen LogP contribution in [-0.4, -0.2) is 16.1 Å². The van der Waals surface area contributed by atoms with Crippen molar-refractivity contribution in [1.82, 2.24) is 10.2 Å². The number of carbonyl (C=O) groups is 1. The standard InChI is InChI=1S/C15H11N3O3/c19-13(9-8-12-7-4-10-20-12)16-15-18-17-14(21-15)11-5-2-1-3-6-11/h1-10H,(H,16,18,19)/b9-8+. The van der Waals surface area contributed by atoms with E-state index < -0.39 is 0 Å². The summed E-state index contributed by atoms with van der Waals surface area (Å²) in [6.07, 6.45) is 4.40. The van der Waals surface area contributed by atoms with Crippen LogP contribution < -0.4 is 5.32 Å². The number of nitrogens with one attached hydrogen (secondary N) is 1. The largest absolute Gasteiger partial charge is 0.465 e. The van der Waals surface area contributed by atoms with Crippen LogP contribution in [0.1, 0.15) is 5.76 Å². The van der Waals surface area contributed by atoms with Crippen molar-refractivity contribution in [1.29, 1.82) is 0 Å². The van der Waals surface area contributed by atoms with Crippen LogP contribution in [0.3, 0.4) is 0 Å². The molecule has 104 valence electrons. The molecule has 1 amide bonds. The fraction of sp³-hybridized carbons (Fsp3) is 0. The normalized spacial score (nSPS) is 10.9. The minimum atomic E-state index is -0.380. The highest BCUT2D eigenvalue weighted by Gasteiger charge is 2.09. The van der Waals surface area contributed by atoms with E-state index in [9.17, 15) is 4.79 Å². The fourth-order valence-corrected chi connectivity index (χ4v) is 1.66. The van der Waals surface area contributed by atoms with Gasteiger partial charge in [0.25, 0.3) is 5.91 Å². The molecule has 0 aliphatic heterocycles. The van der Waals surface area contributed by atoms with Gasteiger partial charge >= 0.3 is 6.01 Å². The molecule has 0 aliphatic carbocycles. The molecule has 21 heavy (non-hydrogen) atoms. The minimum absolute atomic E-state index is 0.0444. The Morgan fingerprint density at radius 1 is 1.10 bits per heavy atom. The van der Waals surface area contributed by atoms with Crippen LogP contribution >= 0.6 is 0 Å². The monoisotopic (exact) mass is 281 g/mol. The van der Waals surface area contributed by atoms with Gasteiger partial charge in [0.05, 0.1) is 6.26 Å². The highest BCUT2D eigenvalue weighted by atomic mass is 16.4. The van der Waals surface area contributed by atoms with Crippen molar-refractivity contribution in [3.05, 3.63) is 60.6 Å². The molecular weight excluding hydrogens is 270 g/mol. The number of hydrogen-bond donors (Lipinski definition) is 1. The summed E-state index contributed by atoms with van der Waals surface area (Å²) in [7, 11) is 0. The average Bonchev–Trinajstić information content (AvgIpc) is 3.17. The molecule has 0 saturated carbocycles. The zero-order valence-electron chi connectivity index (χ0n) is 10.9. The Morgan fingerprint density at radius 2 is 1.95 bits per heavy atom. The van der Waals surface area contributed by atoms with Gasteiger partial charge in [-0.05, 0) is 30.3 Å². The topological polar surface area (TPSA) is 81.2 Å². The summed E-state index contributed by atoms with van der Waals surface area (Å²) in [5.41, 5.74) is 0.789. The molecule has 3 rings (SSSR count). The molecule has 6 heteroatoms.